The van der Waals surface area contributed by atoms with E-state index in [0.717, 1.165) is 30.7 Å². The van der Waals surface area contributed by atoms with Crippen molar-refractivity contribution in [3.05, 3.63) is 39.0 Å². The summed E-state index contributed by atoms with van der Waals surface area (Å²) in [6.45, 7) is 2.53. The molecule has 1 aliphatic rings. The molecule has 0 fully saturated rings. The van der Waals surface area contributed by atoms with Gasteiger partial charge >= 0.3 is 0 Å². The number of pyridine rings is 1. The Morgan fingerprint density at radius 2 is 2.24 bits per heavy atom. The summed E-state index contributed by atoms with van der Waals surface area (Å²) < 4.78 is 5.77. The van der Waals surface area contributed by atoms with Gasteiger partial charge in [0.1, 0.15) is 11.6 Å². The average molecular weight is 299 g/mol. The number of nitriles is 1. The molecule has 21 heavy (non-hydrogen) atoms. The minimum Gasteiger partial charge on any atom is -0.476 e. The fourth-order valence-corrected chi connectivity index (χ4v) is 3.37. The highest BCUT2D eigenvalue weighted by Crippen LogP contribution is 2.25. The van der Waals surface area contributed by atoms with Crippen molar-refractivity contribution in [3.8, 4) is 11.9 Å². The Morgan fingerprint density at radius 1 is 1.38 bits per heavy atom. The fourth-order valence-electron chi connectivity index (χ4n) is 2.61. The summed E-state index contributed by atoms with van der Waals surface area (Å²) in [6.07, 6.45) is 5.18. The molecule has 0 atom stereocenters. The van der Waals surface area contributed by atoms with Crippen molar-refractivity contribution in [2.45, 2.75) is 39.0 Å². The predicted octanol–water partition coefficient (Wildman–Crippen LogP) is 3.22. The molecule has 0 radical (unpaired) electrons. The van der Waals surface area contributed by atoms with E-state index in [9.17, 15) is 5.26 Å². The molecule has 0 aliphatic heterocycles. The molecule has 1 aliphatic carbocycles. The lowest BCUT2D eigenvalue weighted by atomic mass is 9.95. The van der Waals surface area contributed by atoms with Gasteiger partial charge in [-0.2, -0.15) is 5.26 Å². The topological polar surface area (TPSA) is 58.8 Å². The number of hydrogen-bond acceptors (Lipinski definition) is 5. The third-order valence-corrected chi connectivity index (χ3v) is 4.79. The first kappa shape index (κ1) is 14.0. The molecule has 0 bridgehead atoms. The molecule has 0 saturated carbocycles. The molecule has 0 N–H and O–H groups in total. The molecule has 2 heterocycles. The van der Waals surface area contributed by atoms with Gasteiger partial charge in [-0.3, -0.25) is 0 Å². The first-order valence-corrected chi connectivity index (χ1v) is 8.10. The van der Waals surface area contributed by atoms with Crippen LogP contribution in [0, 0.1) is 18.3 Å². The molecular formula is C16H17N3OS. The Hall–Kier alpha value is -1.93. The van der Waals surface area contributed by atoms with Crippen LogP contribution in [0.15, 0.2) is 11.6 Å². The average Bonchev–Trinajstić information content (AvgIpc) is 2.92. The highest BCUT2D eigenvalue weighted by molar-refractivity contribution is 7.09. The van der Waals surface area contributed by atoms with Crippen molar-refractivity contribution in [3.63, 3.8) is 0 Å². The van der Waals surface area contributed by atoms with Crippen molar-refractivity contribution >= 4 is 11.3 Å². The Morgan fingerprint density at radius 3 is 3.00 bits per heavy atom. The minimum absolute atomic E-state index is 0.486. The van der Waals surface area contributed by atoms with Crippen molar-refractivity contribution in [1.82, 2.24) is 9.97 Å². The first-order valence-electron chi connectivity index (χ1n) is 7.22. The largest absolute Gasteiger partial charge is 0.476 e. The van der Waals surface area contributed by atoms with E-state index < -0.39 is 0 Å². The number of fused-ring (bicyclic) bond motifs is 1. The van der Waals surface area contributed by atoms with Gasteiger partial charge in [-0.1, -0.05) is 0 Å². The monoisotopic (exact) mass is 299 g/mol. The Labute approximate surface area is 128 Å². The number of rotatable bonds is 4. The molecule has 3 rings (SSSR count). The maximum atomic E-state index is 9.27. The van der Waals surface area contributed by atoms with E-state index in [0.29, 0.717) is 18.1 Å². The van der Waals surface area contributed by atoms with Gasteiger partial charge < -0.3 is 4.74 Å². The van der Waals surface area contributed by atoms with Gasteiger partial charge in [0.2, 0.25) is 5.88 Å². The maximum absolute atomic E-state index is 9.27. The normalized spacial score (nSPS) is 13.5. The Balaban J connectivity index is 1.72. The highest BCUT2D eigenvalue weighted by Gasteiger charge is 2.16. The van der Waals surface area contributed by atoms with E-state index in [1.54, 1.807) is 11.3 Å². The van der Waals surface area contributed by atoms with E-state index in [1.165, 1.54) is 23.3 Å². The number of hydrogen-bond donors (Lipinski definition) is 0. The van der Waals surface area contributed by atoms with Gasteiger partial charge in [0.15, 0.2) is 0 Å². The summed E-state index contributed by atoms with van der Waals surface area (Å²) in [5, 5.41) is 9.27. The zero-order chi connectivity index (χ0) is 14.7. The first-order chi connectivity index (χ1) is 10.3. The smallest absolute Gasteiger partial charge is 0.231 e. The second-order valence-corrected chi connectivity index (χ2v) is 6.16. The maximum Gasteiger partial charge on any atom is 0.231 e. The van der Waals surface area contributed by atoms with Crippen molar-refractivity contribution in [2.75, 3.05) is 6.61 Å². The van der Waals surface area contributed by atoms with E-state index in [4.69, 9.17) is 4.74 Å². The van der Waals surface area contributed by atoms with Crippen LogP contribution in [-0.4, -0.2) is 16.6 Å². The number of nitrogens with zero attached hydrogens (tertiary/aromatic N) is 3. The van der Waals surface area contributed by atoms with Gasteiger partial charge in [0.05, 0.1) is 17.8 Å². The lowest BCUT2D eigenvalue weighted by Gasteiger charge is -2.16. The number of aromatic nitrogens is 2. The molecule has 2 aromatic heterocycles. The quantitative estimate of drug-likeness (QED) is 0.869. The summed E-state index contributed by atoms with van der Waals surface area (Å²) in [4.78, 5) is 10.0. The molecule has 0 amide bonds. The number of aryl methyl sites for hydroxylation is 3. The van der Waals surface area contributed by atoms with Crippen LogP contribution in [0.5, 0.6) is 5.88 Å². The van der Waals surface area contributed by atoms with Crippen LogP contribution in [-0.2, 0) is 19.3 Å². The second-order valence-electron chi connectivity index (χ2n) is 5.23. The molecule has 4 nitrogen and oxygen atoms in total. The molecule has 0 spiro atoms. The Kier molecular flexibility index (Phi) is 4.16. The summed E-state index contributed by atoms with van der Waals surface area (Å²) in [7, 11) is 0. The van der Waals surface area contributed by atoms with Gasteiger partial charge in [-0.15, -0.1) is 11.3 Å². The van der Waals surface area contributed by atoms with E-state index in [2.05, 4.69) is 16.0 Å². The lowest BCUT2D eigenvalue weighted by molar-refractivity contribution is 0.307. The number of thiazole rings is 1. The molecule has 0 aromatic carbocycles. The van der Waals surface area contributed by atoms with Crippen LogP contribution < -0.4 is 4.74 Å². The van der Waals surface area contributed by atoms with Crippen molar-refractivity contribution < 1.29 is 4.74 Å². The van der Waals surface area contributed by atoms with Crippen LogP contribution in [0.1, 0.15) is 40.2 Å². The zero-order valence-corrected chi connectivity index (χ0v) is 12.9. The van der Waals surface area contributed by atoms with E-state index in [1.807, 2.05) is 18.5 Å². The molecule has 5 heteroatoms. The SMILES string of the molecule is Cc1ncsc1CCOc1nc2c(cc1C#N)CCCC2. The highest BCUT2D eigenvalue weighted by atomic mass is 32.1. The van der Waals surface area contributed by atoms with E-state index in [-0.39, 0.29) is 0 Å². The van der Waals surface area contributed by atoms with Crippen molar-refractivity contribution in [1.29, 1.82) is 5.26 Å². The second kappa shape index (κ2) is 6.23. The summed E-state index contributed by atoms with van der Waals surface area (Å²) in [5.74, 6) is 0.486. The summed E-state index contributed by atoms with van der Waals surface area (Å²) in [6, 6.07) is 4.16. The molecule has 108 valence electrons. The van der Waals surface area contributed by atoms with Crippen molar-refractivity contribution in [2.24, 2.45) is 0 Å². The molecule has 2 aromatic rings. The van der Waals surface area contributed by atoms with Crippen LogP contribution in [0.3, 0.4) is 0 Å². The standard InChI is InChI=1S/C16H17N3OS/c1-11-15(21-10-18-11)6-7-20-16-13(9-17)8-12-4-2-3-5-14(12)19-16/h8,10H,2-7H2,1H3. The third kappa shape index (κ3) is 3.06. The van der Waals surface area contributed by atoms with Crippen LogP contribution in [0.2, 0.25) is 0 Å². The van der Waals surface area contributed by atoms with Gasteiger partial charge in [-0.05, 0) is 44.2 Å². The van der Waals surface area contributed by atoms with Gasteiger partial charge in [0.25, 0.3) is 0 Å². The van der Waals surface area contributed by atoms with E-state index >= 15 is 0 Å². The molecule has 0 saturated heterocycles. The van der Waals surface area contributed by atoms with Gasteiger partial charge in [-0.25, -0.2) is 9.97 Å². The molecule has 0 unspecified atom stereocenters. The van der Waals surface area contributed by atoms with Crippen LogP contribution >= 0.6 is 11.3 Å². The number of ether oxygens (including phenoxy) is 1. The van der Waals surface area contributed by atoms with Crippen LogP contribution in [0.25, 0.3) is 0 Å². The van der Waals surface area contributed by atoms with Gasteiger partial charge in [0, 0.05) is 17.0 Å². The Bertz CT molecular complexity index is 687. The predicted molar refractivity (Wildman–Crippen MR) is 81.6 cm³/mol. The fraction of sp³-hybridized carbons (Fsp3) is 0.438. The third-order valence-electron chi connectivity index (χ3n) is 3.80. The molecular weight excluding hydrogens is 282 g/mol. The van der Waals surface area contributed by atoms with Crippen LogP contribution in [0.4, 0.5) is 0 Å². The lowest BCUT2D eigenvalue weighted by Crippen LogP contribution is -2.10. The minimum atomic E-state index is 0.486. The zero-order valence-electron chi connectivity index (χ0n) is 12.1. The summed E-state index contributed by atoms with van der Waals surface area (Å²) >= 11 is 1.64. The summed E-state index contributed by atoms with van der Waals surface area (Å²) in [5.41, 5.74) is 5.77.